The lowest BCUT2D eigenvalue weighted by Gasteiger charge is -2.19. The third-order valence-corrected chi connectivity index (χ3v) is 1.32. The average Bonchev–Trinajstić information content (AvgIpc) is 1.96. The second-order valence-electron chi connectivity index (χ2n) is 3.78. The normalized spacial score (nSPS) is 12.1. The fourth-order valence-electron chi connectivity index (χ4n) is 0.656. The lowest BCUT2D eigenvalue weighted by atomic mass is 10.2. The maximum Gasteiger partial charge on any atom is 0.407 e. The van der Waals surface area contributed by atoms with Crippen LogP contribution in [0.1, 0.15) is 20.8 Å². The molecule has 0 atom stereocenters. The topological polar surface area (TPSA) is 75.6 Å². The molecule has 0 aliphatic carbocycles. The molecule has 0 unspecified atom stereocenters. The van der Waals surface area contributed by atoms with Crippen LogP contribution in [0.3, 0.4) is 0 Å². The summed E-state index contributed by atoms with van der Waals surface area (Å²) in [5.74, 6) is -1.16. The minimum Gasteiger partial charge on any atom is -0.478 e. The number of halogens is 1. The van der Waals surface area contributed by atoms with Crippen LogP contribution in [0.15, 0.2) is 11.1 Å². The van der Waals surface area contributed by atoms with Gasteiger partial charge in [-0.05, 0) is 20.8 Å². The first-order valence-electron chi connectivity index (χ1n) is 4.26. The van der Waals surface area contributed by atoms with Crippen LogP contribution >= 0.6 is 11.6 Å². The quantitative estimate of drug-likeness (QED) is 0.731. The minimum absolute atomic E-state index is 0.0216. The van der Waals surface area contributed by atoms with Gasteiger partial charge in [0.25, 0.3) is 0 Å². The lowest BCUT2D eigenvalue weighted by Crippen LogP contribution is -2.33. The zero-order valence-corrected chi connectivity index (χ0v) is 9.59. The van der Waals surface area contributed by atoms with Crippen molar-refractivity contribution in [3.8, 4) is 0 Å². The zero-order chi connectivity index (χ0) is 12.1. The molecule has 0 saturated heterocycles. The summed E-state index contributed by atoms with van der Waals surface area (Å²) in [6.07, 6.45) is 0.165. The van der Waals surface area contributed by atoms with Gasteiger partial charge in [0.1, 0.15) is 5.60 Å². The summed E-state index contributed by atoms with van der Waals surface area (Å²) in [5, 5.41) is 10.7. The summed E-state index contributed by atoms with van der Waals surface area (Å²) in [6.45, 7) is 5.10. The van der Waals surface area contributed by atoms with Crippen molar-refractivity contribution in [3.05, 3.63) is 11.1 Å². The number of hydrogen-bond acceptors (Lipinski definition) is 3. The second-order valence-corrected chi connectivity index (χ2v) is 4.27. The molecule has 5 nitrogen and oxygen atoms in total. The van der Waals surface area contributed by atoms with Gasteiger partial charge < -0.3 is 15.2 Å². The molecule has 0 aliphatic heterocycles. The third kappa shape index (κ3) is 9.08. The molecule has 0 fully saturated rings. The number of amides is 1. The SMILES string of the molecule is CC(C)(C)OC(=O)NC/C(Cl)=C/C(=O)O. The molecule has 1 amide bonds. The first-order chi connectivity index (χ1) is 6.70. The van der Waals surface area contributed by atoms with E-state index in [1.165, 1.54) is 0 Å². The van der Waals surface area contributed by atoms with Gasteiger partial charge in [-0.15, -0.1) is 0 Å². The van der Waals surface area contributed by atoms with E-state index in [1.807, 2.05) is 0 Å². The van der Waals surface area contributed by atoms with Gasteiger partial charge in [-0.2, -0.15) is 0 Å². The molecule has 0 aromatic heterocycles. The summed E-state index contributed by atoms with van der Waals surface area (Å²) in [4.78, 5) is 21.3. The van der Waals surface area contributed by atoms with E-state index in [0.717, 1.165) is 6.08 Å². The van der Waals surface area contributed by atoms with Crippen molar-refractivity contribution in [2.75, 3.05) is 6.54 Å². The molecule has 0 bridgehead atoms. The monoisotopic (exact) mass is 235 g/mol. The number of carbonyl (C=O) groups excluding carboxylic acids is 1. The van der Waals surface area contributed by atoms with Crippen molar-refractivity contribution in [3.63, 3.8) is 0 Å². The largest absolute Gasteiger partial charge is 0.478 e. The Morgan fingerprint density at radius 1 is 1.47 bits per heavy atom. The van der Waals surface area contributed by atoms with Crippen LogP contribution < -0.4 is 5.32 Å². The van der Waals surface area contributed by atoms with Crippen LogP contribution in [0, 0.1) is 0 Å². The Morgan fingerprint density at radius 2 is 2.00 bits per heavy atom. The number of nitrogens with one attached hydrogen (secondary N) is 1. The Labute approximate surface area is 93.1 Å². The summed E-state index contributed by atoms with van der Waals surface area (Å²) in [6, 6.07) is 0. The predicted octanol–water partition coefficient (Wildman–Crippen LogP) is 1.72. The highest BCUT2D eigenvalue weighted by atomic mass is 35.5. The number of rotatable bonds is 3. The van der Waals surface area contributed by atoms with E-state index in [4.69, 9.17) is 21.4 Å². The Hall–Kier alpha value is -1.23. The van der Waals surface area contributed by atoms with Crippen LogP contribution in [-0.4, -0.2) is 29.3 Å². The van der Waals surface area contributed by atoms with Crippen molar-refractivity contribution in [2.45, 2.75) is 26.4 Å². The third-order valence-electron chi connectivity index (χ3n) is 1.08. The fraction of sp³-hybridized carbons (Fsp3) is 0.556. The molecule has 0 rings (SSSR count). The molecule has 86 valence electrons. The molecule has 0 spiro atoms. The Kier molecular flexibility index (Phi) is 5.14. The van der Waals surface area contributed by atoms with Crippen LogP contribution in [0.2, 0.25) is 0 Å². The zero-order valence-electron chi connectivity index (χ0n) is 8.83. The number of alkyl carbamates (subject to hydrolysis) is 1. The Morgan fingerprint density at radius 3 is 2.40 bits per heavy atom. The Balaban J connectivity index is 3.97. The number of hydrogen-bond donors (Lipinski definition) is 2. The van der Waals surface area contributed by atoms with Gasteiger partial charge in [0, 0.05) is 11.1 Å². The number of carboxylic acids is 1. The van der Waals surface area contributed by atoms with Gasteiger partial charge in [0.2, 0.25) is 0 Å². The van der Waals surface area contributed by atoms with Crippen LogP contribution in [-0.2, 0) is 9.53 Å². The summed E-state index contributed by atoms with van der Waals surface area (Å²) in [5.41, 5.74) is -0.590. The van der Waals surface area contributed by atoms with E-state index < -0.39 is 17.7 Å². The van der Waals surface area contributed by atoms with E-state index in [0.29, 0.717) is 0 Å². The van der Waals surface area contributed by atoms with Crippen molar-refractivity contribution in [1.29, 1.82) is 0 Å². The van der Waals surface area contributed by atoms with Crippen LogP contribution in [0.4, 0.5) is 4.79 Å². The van der Waals surface area contributed by atoms with Gasteiger partial charge >= 0.3 is 12.1 Å². The van der Waals surface area contributed by atoms with E-state index in [9.17, 15) is 9.59 Å². The highest BCUT2D eigenvalue weighted by Crippen LogP contribution is 2.07. The highest BCUT2D eigenvalue weighted by Gasteiger charge is 2.15. The molecular weight excluding hydrogens is 222 g/mol. The molecular formula is C9H14ClNO4. The van der Waals surface area contributed by atoms with Crippen molar-refractivity contribution in [1.82, 2.24) is 5.32 Å². The van der Waals surface area contributed by atoms with Crippen molar-refractivity contribution in [2.24, 2.45) is 0 Å². The summed E-state index contributed by atoms with van der Waals surface area (Å²) in [7, 11) is 0. The van der Waals surface area contributed by atoms with Gasteiger partial charge in [0.05, 0.1) is 6.54 Å². The molecule has 0 saturated carbocycles. The molecule has 0 aromatic carbocycles. The number of carbonyl (C=O) groups is 2. The van der Waals surface area contributed by atoms with Gasteiger partial charge in [-0.3, -0.25) is 0 Å². The van der Waals surface area contributed by atoms with Gasteiger partial charge in [-0.25, -0.2) is 9.59 Å². The van der Waals surface area contributed by atoms with E-state index >= 15 is 0 Å². The first-order valence-corrected chi connectivity index (χ1v) is 4.64. The molecule has 0 aromatic rings. The molecule has 6 heteroatoms. The maximum atomic E-state index is 11.1. The molecule has 0 radical (unpaired) electrons. The van der Waals surface area contributed by atoms with E-state index in [-0.39, 0.29) is 11.6 Å². The van der Waals surface area contributed by atoms with Gasteiger partial charge in [-0.1, -0.05) is 11.6 Å². The number of carboxylic acid groups (broad SMARTS) is 1. The average molecular weight is 236 g/mol. The summed E-state index contributed by atoms with van der Waals surface area (Å²) < 4.78 is 4.91. The van der Waals surface area contributed by atoms with Gasteiger partial charge in [0.15, 0.2) is 0 Å². The number of ether oxygens (including phenoxy) is 1. The molecule has 2 N–H and O–H groups in total. The smallest absolute Gasteiger partial charge is 0.407 e. The van der Waals surface area contributed by atoms with Crippen LogP contribution in [0.5, 0.6) is 0 Å². The second kappa shape index (κ2) is 5.60. The molecule has 15 heavy (non-hydrogen) atoms. The summed E-state index contributed by atoms with van der Waals surface area (Å²) >= 11 is 5.50. The van der Waals surface area contributed by atoms with E-state index in [1.54, 1.807) is 20.8 Å². The molecule has 0 aliphatic rings. The predicted molar refractivity (Wildman–Crippen MR) is 55.8 cm³/mol. The highest BCUT2D eigenvalue weighted by molar-refractivity contribution is 6.31. The van der Waals surface area contributed by atoms with Crippen molar-refractivity contribution >= 4 is 23.7 Å². The van der Waals surface area contributed by atoms with Crippen molar-refractivity contribution < 1.29 is 19.4 Å². The lowest BCUT2D eigenvalue weighted by molar-refractivity contribution is -0.131. The first kappa shape index (κ1) is 13.8. The standard InChI is InChI=1S/C9H14ClNO4/c1-9(2,3)15-8(14)11-5-6(10)4-7(12)13/h4H,5H2,1-3H3,(H,11,14)(H,12,13)/b6-4-. The maximum absolute atomic E-state index is 11.1. The fourth-order valence-corrected chi connectivity index (χ4v) is 0.816. The molecule has 0 heterocycles. The van der Waals surface area contributed by atoms with Crippen LogP contribution in [0.25, 0.3) is 0 Å². The Bertz CT molecular complexity index is 280. The minimum atomic E-state index is -1.16. The van der Waals surface area contributed by atoms with E-state index in [2.05, 4.69) is 5.32 Å². The number of aliphatic carboxylic acids is 1.